The van der Waals surface area contributed by atoms with E-state index in [0.717, 1.165) is 15.9 Å². The minimum atomic E-state index is 0. The minimum Gasteiger partial charge on any atom is -0.374 e. The Balaban J connectivity index is 0.000000605. The fourth-order valence-corrected chi connectivity index (χ4v) is 1.46. The van der Waals surface area contributed by atoms with E-state index in [1.165, 1.54) is 17.9 Å². The Labute approximate surface area is 93.3 Å². The monoisotopic (exact) mass is 239 g/mol. The molecular weight excluding hydrogens is 235 g/mol. The van der Waals surface area contributed by atoms with Gasteiger partial charge < -0.3 is 9.97 Å². The molecule has 11 heavy (non-hydrogen) atoms. The summed E-state index contributed by atoms with van der Waals surface area (Å²) in [5, 5.41) is 0. The molecule has 0 N–H and O–H groups in total. The van der Waals surface area contributed by atoms with Crippen LogP contribution in [0.4, 0.5) is 0 Å². The van der Waals surface area contributed by atoms with Crippen molar-refractivity contribution >= 4 is 21.7 Å². The summed E-state index contributed by atoms with van der Waals surface area (Å²) in [5.41, 5.74) is 1.87. The van der Waals surface area contributed by atoms with E-state index in [1.807, 2.05) is 6.92 Å². The van der Waals surface area contributed by atoms with Crippen molar-refractivity contribution in [1.29, 1.82) is 0 Å². The number of aryl methyl sites for hydroxylation is 1. The third kappa shape index (κ3) is 1.63. The van der Waals surface area contributed by atoms with Crippen LogP contribution in [0.5, 0.6) is 0 Å². The van der Waals surface area contributed by atoms with Crippen LogP contribution >= 0.6 is 11.5 Å². The number of hydrogen-bond acceptors (Lipinski definition) is 4. The quantitative estimate of drug-likeness (QED) is 0.648. The van der Waals surface area contributed by atoms with Crippen molar-refractivity contribution < 1.29 is 32.7 Å². The Morgan fingerprint density at radius 2 is 2.36 bits per heavy atom. The zero-order chi connectivity index (χ0) is 6.97. The van der Waals surface area contributed by atoms with Crippen LogP contribution in [-0.4, -0.2) is 14.3 Å². The van der Waals surface area contributed by atoms with Gasteiger partial charge in [-0.05, 0) is 17.1 Å². The molecule has 3 nitrogen and oxygen atoms in total. The minimum absolute atomic E-state index is 0. The average Bonchev–Trinajstić information content (AvgIpc) is 2.34. The van der Waals surface area contributed by atoms with E-state index in [1.54, 1.807) is 0 Å². The molecule has 53 valence electrons. The third-order valence-electron chi connectivity index (χ3n) is 1.24. The van der Waals surface area contributed by atoms with Crippen molar-refractivity contribution in [2.24, 2.45) is 0 Å². The number of fused-ring (bicyclic) bond motifs is 1. The number of aromatic nitrogens is 3. The molecule has 1 radical (unpaired) electrons. The van der Waals surface area contributed by atoms with Gasteiger partial charge in [-0.1, -0.05) is 17.7 Å². The molecule has 0 aliphatic rings. The molecule has 2 aromatic rings. The molecule has 2 rings (SSSR count). The maximum atomic E-state index is 4.10. The van der Waals surface area contributed by atoms with E-state index < -0.39 is 0 Å². The zero-order valence-corrected chi connectivity index (χ0v) is 9.56. The van der Waals surface area contributed by atoms with Crippen molar-refractivity contribution in [3.63, 3.8) is 0 Å². The van der Waals surface area contributed by atoms with Crippen molar-refractivity contribution in [3.05, 3.63) is 18.2 Å². The molecule has 0 aromatic carbocycles. The first-order chi connectivity index (χ1) is 4.88. The zero-order valence-electron chi connectivity index (χ0n) is 5.90. The van der Waals surface area contributed by atoms with Gasteiger partial charge in [-0.3, -0.25) is 0 Å². The molecule has 2 heterocycles. The average molecular weight is 239 g/mol. The van der Waals surface area contributed by atoms with Crippen LogP contribution in [0, 0.1) is 13.1 Å². The number of rotatable bonds is 0. The molecule has 5 heteroatoms. The van der Waals surface area contributed by atoms with E-state index in [9.17, 15) is 0 Å². The first kappa shape index (κ1) is 9.16. The van der Waals surface area contributed by atoms with Gasteiger partial charge >= 0.3 is 0 Å². The fraction of sp³-hybridized carbons (Fsp3) is 0.167. The predicted octanol–water partition coefficient (Wildman–Crippen LogP) is 1.19. The molecule has 0 saturated heterocycles. The maximum Gasteiger partial charge on any atom is 0.0216 e. The van der Waals surface area contributed by atoms with Crippen LogP contribution in [0.15, 0.2) is 6.33 Å². The number of nitrogens with zero attached hydrogens (tertiary/aromatic N) is 3. The van der Waals surface area contributed by atoms with Crippen molar-refractivity contribution in [3.8, 4) is 0 Å². The Bertz CT molecular complexity index is 359. The Kier molecular flexibility index (Phi) is 3.04. The molecule has 0 aliphatic carbocycles. The van der Waals surface area contributed by atoms with Crippen molar-refractivity contribution in [2.75, 3.05) is 0 Å². The molecule has 0 bridgehead atoms. The van der Waals surface area contributed by atoms with Gasteiger partial charge in [-0.25, -0.2) is 4.37 Å². The molecule has 2 aromatic heterocycles. The number of hydrogen-bond donors (Lipinski definition) is 0. The molecular formula is C6H4N3SY-. The molecule has 0 atom stereocenters. The predicted molar refractivity (Wildman–Crippen MR) is 38.8 cm³/mol. The fourth-order valence-electron chi connectivity index (χ4n) is 0.764. The van der Waals surface area contributed by atoms with Gasteiger partial charge in [-0.15, -0.1) is 0 Å². The molecule has 0 saturated carbocycles. The van der Waals surface area contributed by atoms with E-state index in [0.29, 0.717) is 0 Å². The van der Waals surface area contributed by atoms with Gasteiger partial charge in [0.1, 0.15) is 0 Å². The van der Waals surface area contributed by atoms with Crippen LogP contribution in [-0.2, 0) is 32.7 Å². The van der Waals surface area contributed by atoms with E-state index in [-0.39, 0.29) is 32.7 Å². The second-order valence-electron chi connectivity index (χ2n) is 1.93. The SMILES string of the molecule is Cc1nsc2[c-]ncnc12.[Y]. The molecule has 0 aliphatic heterocycles. The largest absolute Gasteiger partial charge is 0.374 e. The van der Waals surface area contributed by atoms with Crippen molar-refractivity contribution in [1.82, 2.24) is 14.3 Å². The van der Waals surface area contributed by atoms with Gasteiger partial charge in [0.05, 0.1) is 0 Å². The van der Waals surface area contributed by atoms with Gasteiger partial charge in [0.2, 0.25) is 0 Å². The molecule has 0 amide bonds. The molecule has 0 fully saturated rings. The van der Waals surface area contributed by atoms with Gasteiger partial charge in [0, 0.05) is 44.7 Å². The first-order valence-corrected chi connectivity index (χ1v) is 3.60. The normalized spacial score (nSPS) is 9.55. The van der Waals surface area contributed by atoms with Crippen LogP contribution < -0.4 is 0 Å². The van der Waals surface area contributed by atoms with Crippen LogP contribution in [0.3, 0.4) is 0 Å². The molecule has 0 spiro atoms. The van der Waals surface area contributed by atoms with E-state index >= 15 is 0 Å². The van der Waals surface area contributed by atoms with Crippen molar-refractivity contribution in [2.45, 2.75) is 6.92 Å². The van der Waals surface area contributed by atoms with Crippen LogP contribution in [0.25, 0.3) is 10.2 Å². The Hall–Kier alpha value is 0.0739. The summed E-state index contributed by atoms with van der Waals surface area (Å²) in [6.45, 7) is 1.93. The Morgan fingerprint density at radius 3 is 3.09 bits per heavy atom. The summed E-state index contributed by atoms with van der Waals surface area (Å²) >= 11 is 1.38. The van der Waals surface area contributed by atoms with Crippen LogP contribution in [0.2, 0.25) is 0 Å². The summed E-state index contributed by atoms with van der Waals surface area (Å²) in [7, 11) is 0. The second kappa shape index (κ2) is 3.65. The Morgan fingerprint density at radius 1 is 1.55 bits per heavy atom. The summed E-state index contributed by atoms with van der Waals surface area (Å²) < 4.78 is 5.03. The maximum absolute atomic E-state index is 4.10. The molecule has 0 unspecified atom stereocenters. The summed E-state index contributed by atoms with van der Waals surface area (Å²) in [5.74, 6) is 0. The third-order valence-corrected chi connectivity index (χ3v) is 2.07. The summed E-state index contributed by atoms with van der Waals surface area (Å²) in [4.78, 5) is 7.81. The van der Waals surface area contributed by atoms with Crippen LogP contribution in [0.1, 0.15) is 5.69 Å². The second-order valence-corrected chi connectivity index (χ2v) is 2.70. The van der Waals surface area contributed by atoms with Gasteiger partial charge in [0.25, 0.3) is 0 Å². The van der Waals surface area contributed by atoms with Gasteiger partial charge in [0.15, 0.2) is 0 Å². The summed E-state index contributed by atoms with van der Waals surface area (Å²) in [6, 6.07) is 0. The van der Waals surface area contributed by atoms with Gasteiger partial charge in [-0.2, -0.15) is 0 Å². The standard InChI is InChI=1S/C6H4N3S.Y/c1-4-6-5(10-9-4)2-7-3-8-6;/h3H,1H3;/q-1;. The van der Waals surface area contributed by atoms with E-state index in [4.69, 9.17) is 0 Å². The summed E-state index contributed by atoms with van der Waals surface area (Å²) in [6.07, 6.45) is 4.30. The topological polar surface area (TPSA) is 38.7 Å². The smallest absolute Gasteiger partial charge is 0.0216 e. The van der Waals surface area contributed by atoms with E-state index in [2.05, 4.69) is 20.5 Å². The first-order valence-electron chi connectivity index (χ1n) is 2.82.